The monoisotopic (exact) mass is 238 g/mol. The Balaban J connectivity index is 2.29. The number of fused-ring (bicyclic) bond motifs is 1. The molecule has 1 aromatic carbocycles. The van der Waals surface area contributed by atoms with E-state index in [4.69, 9.17) is 4.74 Å². The molecule has 17 heavy (non-hydrogen) atoms. The fraction of sp³-hybridized carbons (Fsp3) is 0.538. The highest BCUT2D eigenvalue weighted by atomic mass is 16.5. The third-order valence-electron chi connectivity index (χ3n) is 3.09. The van der Waals surface area contributed by atoms with Crippen LogP contribution in [0.4, 0.5) is 0 Å². The Hall–Kier alpha value is -1.26. The second-order valence-electron chi connectivity index (χ2n) is 4.44. The van der Waals surface area contributed by atoms with Gasteiger partial charge in [-0.25, -0.2) is 0 Å². The number of ether oxygens (including phenoxy) is 1. The normalized spacial score (nSPS) is 23.2. The molecule has 0 saturated heterocycles. The molecule has 1 aliphatic rings. The largest absolute Gasteiger partial charge is 0.504 e. The SMILES string of the molecule is CCCOc1ccc2c(c1O)CC(O)C(O)C2. The van der Waals surface area contributed by atoms with Crippen LogP contribution in [-0.2, 0) is 12.8 Å². The van der Waals surface area contributed by atoms with Crippen LogP contribution in [0.1, 0.15) is 24.5 Å². The number of aliphatic hydroxyl groups is 2. The summed E-state index contributed by atoms with van der Waals surface area (Å²) >= 11 is 0. The highest BCUT2D eigenvalue weighted by Gasteiger charge is 2.28. The molecule has 3 N–H and O–H groups in total. The molecule has 1 aromatic rings. The maximum absolute atomic E-state index is 10.0. The van der Waals surface area contributed by atoms with E-state index in [0.717, 1.165) is 12.0 Å². The molecule has 0 fully saturated rings. The Kier molecular flexibility index (Phi) is 3.54. The summed E-state index contributed by atoms with van der Waals surface area (Å²) in [4.78, 5) is 0. The number of rotatable bonds is 3. The quantitative estimate of drug-likeness (QED) is 0.734. The minimum Gasteiger partial charge on any atom is -0.504 e. The fourth-order valence-electron chi connectivity index (χ4n) is 2.11. The molecule has 1 aliphatic carbocycles. The van der Waals surface area contributed by atoms with Gasteiger partial charge in [-0.3, -0.25) is 0 Å². The van der Waals surface area contributed by atoms with E-state index in [1.165, 1.54) is 0 Å². The van der Waals surface area contributed by atoms with Crippen molar-refractivity contribution in [2.75, 3.05) is 6.61 Å². The average Bonchev–Trinajstić information content (AvgIpc) is 2.31. The second kappa shape index (κ2) is 4.94. The maximum atomic E-state index is 10.0. The first-order valence-corrected chi connectivity index (χ1v) is 5.96. The van der Waals surface area contributed by atoms with Crippen LogP contribution >= 0.6 is 0 Å². The number of hydrogen-bond acceptors (Lipinski definition) is 4. The molecule has 0 amide bonds. The molecule has 94 valence electrons. The van der Waals surface area contributed by atoms with Gasteiger partial charge in [0.1, 0.15) is 0 Å². The van der Waals surface area contributed by atoms with Gasteiger partial charge in [-0.2, -0.15) is 0 Å². The lowest BCUT2D eigenvalue weighted by molar-refractivity contribution is 0.0136. The van der Waals surface area contributed by atoms with Crippen molar-refractivity contribution in [2.45, 2.75) is 38.4 Å². The van der Waals surface area contributed by atoms with Crippen molar-refractivity contribution >= 4 is 0 Å². The Morgan fingerprint density at radius 3 is 2.65 bits per heavy atom. The summed E-state index contributed by atoms with van der Waals surface area (Å²) in [6.45, 7) is 2.55. The van der Waals surface area contributed by atoms with Gasteiger partial charge in [0, 0.05) is 18.4 Å². The van der Waals surface area contributed by atoms with Crippen LogP contribution in [0, 0.1) is 0 Å². The molecule has 2 rings (SSSR count). The third kappa shape index (κ3) is 2.37. The highest BCUT2D eigenvalue weighted by Crippen LogP contribution is 2.36. The first-order chi connectivity index (χ1) is 8.13. The van der Waals surface area contributed by atoms with Gasteiger partial charge in [0.2, 0.25) is 0 Å². The highest BCUT2D eigenvalue weighted by molar-refractivity contribution is 5.51. The van der Waals surface area contributed by atoms with Crippen molar-refractivity contribution in [3.63, 3.8) is 0 Å². The number of aromatic hydroxyl groups is 1. The molecule has 0 bridgehead atoms. The number of hydrogen-bond donors (Lipinski definition) is 3. The van der Waals surface area contributed by atoms with Crippen molar-refractivity contribution in [1.29, 1.82) is 0 Å². The Labute approximate surface area is 100 Å². The van der Waals surface area contributed by atoms with Gasteiger partial charge in [0.05, 0.1) is 18.8 Å². The zero-order valence-corrected chi connectivity index (χ0v) is 9.89. The third-order valence-corrected chi connectivity index (χ3v) is 3.09. The van der Waals surface area contributed by atoms with Crippen LogP contribution in [-0.4, -0.2) is 34.1 Å². The summed E-state index contributed by atoms with van der Waals surface area (Å²) in [5.41, 5.74) is 1.57. The molecular weight excluding hydrogens is 220 g/mol. The van der Waals surface area contributed by atoms with Gasteiger partial charge >= 0.3 is 0 Å². The van der Waals surface area contributed by atoms with Crippen molar-refractivity contribution in [3.05, 3.63) is 23.3 Å². The van der Waals surface area contributed by atoms with E-state index in [-0.39, 0.29) is 12.2 Å². The van der Waals surface area contributed by atoms with Crippen LogP contribution < -0.4 is 4.74 Å². The number of benzene rings is 1. The second-order valence-corrected chi connectivity index (χ2v) is 4.44. The smallest absolute Gasteiger partial charge is 0.161 e. The van der Waals surface area contributed by atoms with Crippen molar-refractivity contribution in [3.8, 4) is 11.5 Å². The lowest BCUT2D eigenvalue weighted by Crippen LogP contribution is -2.34. The standard InChI is InChI=1S/C13H18O4/c1-2-5-17-12-4-3-8-6-10(14)11(15)7-9(8)13(12)16/h3-4,10-11,14-16H,2,5-7H2,1H3. The van der Waals surface area contributed by atoms with Crippen molar-refractivity contribution in [1.82, 2.24) is 0 Å². The number of phenols is 1. The molecule has 2 unspecified atom stereocenters. The van der Waals surface area contributed by atoms with E-state index in [1.54, 1.807) is 6.07 Å². The van der Waals surface area contributed by atoms with Crippen LogP contribution in [0.2, 0.25) is 0 Å². The fourth-order valence-corrected chi connectivity index (χ4v) is 2.11. The number of aliphatic hydroxyl groups excluding tert-OH is 2. The van der Waals surface area contributed by atoms with Gasteiger partial charge in [-0.15, -0.1) is 0 Å². The molecule has 0 spiro atoms. The topological polar surface area (TPSA) is 69.9 Å². The van der Waals surface area contributed by atoms with Crippen LogP contribution in [0.15, 0.2) is 12.1 Å². The van der Waals surface area contributed by atoms with Crippen molar-refractivity contribution in [2.24, 2.45) is 0 Å². The van der Waals surface area contributed by atoms with Crippen LogP contribution in [0.3, 0.4) is 0 Å². The predicted octanol–water partition coefficient (Wildman–Crippen LogP) is 1.00. The lowest BCUT2D eigenvalue weighted by atomic mass is 9.87. The van der Waals surface area contributed by atoms with E-state index < -0.39 is 12.2 Å². The lowest BCUT2D eigenvalue weighted by Gasteiger charge is -2.27. The Morgan fingerprint density at radius 1 is 1.24 bits per heavy atom. The van der Waals surface area contributed by atoms with Gasteiger partial charge in [0.25, 0.3) is 0 Å². The zero-order chi connectivity index (χ0) is 12.4. The molecule has 0 radical (unpaired) electrons. The first kappa shape index (κ1) is 12.2. The molecule has 0 aromatic heterocycles. The molecule has 0 aliphatic heterocycles. The minimum absolute atomic E-state index is 0.0990. The zero-order valence-electron chi connectivity index (χ0n) is 9.89. The molecule has 4 heteroatoms. The summed E-state index contributed by atoms with van der Waals surface area (Å²) in [5, 5.41) is 29.2. The van der Waals surface area contributed by atoms with Gasteiger partial charge in [0.15, 0.2) is 11.5 Å². The number of phenolic OH excluding ortho intramolecular Hbond substituents is 1. The molecule has 0 heterocycles. The minimum atomic E-state index is -0.810. The molecular formula is C13H18O4. The van der Waals surface area contributed by atoms with E-state index in [0.29, 0.717) is 24.3 Å². The van der Waals surface area contributed by atoms with Crippen molar-refractivity contribution < 1.29 is 20.1 Å². The molecule has 0 saturated carbocycles. The van der Waals surface area contributed by atoms with E-state index in [9.17, 15) is 15.3 Å². The van der Waals surface area contributed by atoms with E-state index >= 15 is 0 Å². The van der Waals surface area contributed by atoms with Crippen LogP contribution in [0.5, 0.6) is 11.5 Å². The van der Waals surface area contributed by atoms with Gasteiger partial charge < -0.3 is 20.1 Å². The van der Waals surface area contributed by atoms with Crippen LogP contribution in [0.25, 0.3) is 0 Å². The first-order valence-electron chi connectivity index (χ1n) is 5.96. The molecule has 2 atom stereocenters. The Morgan fingerprint density at radius 2 is 1.94 bits per heavy atom. The summed E-state index contributed by atoms with van der Waals surface area (Å²) in [7, 11) is 0. The van der Waals surface area contributed by atoms with Gasteiger partial charge in [-0.1, -0.05) is 13.0 Å². The van der Waals surface area contributed by atoms with Gasteiger partial charge in [-0.05, 0) is 18.1 Å². The molecule has 4 nitrogen and oxygen atoms in total. The summed E-state index contributed by atoms with van der Waals surface area (Å²) in [5.74, 6) is 0.552. The summed E-state index contributed by atoms with van der Waals surface area (Å²) in [6.07, 6.45) is -0.0408. The van der Waals surface area contributed by atoms with E-state index in [2.05, 4.69) is 0 Å². The predicted molar refractivity (Wildman–Crippen MR) is 63.3 cm³/mol. The maximum Gasteiger partial charge on any atom is 0.161 e. The summed E-state index contributed by atoms with van der Waals surface area (Å²) < 4.78 is 5.42. The van der Waals surface area contributed by atoms with E-state index in [1.807, 2.05) is 13.0 Å². The Bertz CT molecular complexity index is 403. The summed E-state index contributed by atoms with van der Waals surface area (Å²) in [6, 6.07) is 3.56. The average molecular weight is 238 g/mol.